The number of ether oxygens (including phenoxy) is 1. The molecule has 0 saturated carbocycles. The summed E-state index contributed by atoms with van der Waals surface area (Å²) < 4.78 is 5.61. The SMILES string of the molecule is CCCNC(=O)C(CC)Oc1cccc(Cl)c1. The predicted molar refractivity (Wildman–Crippen MR) is 69.5 cm³/mol. The Balaban J connectivity index is 2.60. The van der Waals surface area contributed by atoms with E-state index < -0.39 is 6.10 Å². The van der Waals surface area contributed by atoms with Crippen LogP contribution in [-0.4, -0.2) is 18.6 Å². The number of halogens is 1. The molecule has 3 nitrogen and oxygen atoms in total. The van der Waals surface area contributed by atoms with Gasteiger partial charge in [-0.15, -0.1) is 0 Å². The molecule has 17 heavy (non-hydrogen) atoms. The minimum atomic E-state index is -0.458. The highest BCUT2D eigenvalue weighted by Gasteiger charge is 2.17. The summed E-state index contributed by atoms with van der Waals surface area (Å²) in [6.07, 6.45) is 1.08. The van der Waals surface area contributed by atoms with Gasteiger partial charge in [0.15, 0.2) is 6.10 Å². The molecule has 1 rings (SSSR count). The molecular weight excluding hydrogens is 238 g/mol. The molecule has 1 amide bonds. The van der Waals surface area contributed by atoms with Crippen molar-refractivity contribution in [3.8, 4) is 5.75 Å². The Morgan fingerprint density at radius 1 is 1.47 bits per heavy atom. The van der Waals surface area contributed by atoms with Gasteiger partial charge in [0.1, 0.15) is 5.75 Å². The van der Waals surface area contributed by atoms with E-state index in [4.69, 9.17) is 16.3 Å². The summed E-state index contributed by atoms with van der Waals surface area (Å²) in [7, 11) is 0. The molecule has 0 heterocycles. The zero-order chi connectivity index (χ0) is 12.7. The Hall–Kier alpha value is -1.22. The van der Waals surface area contributed by atoms with Crippen LogP contribution in [0.1, 0.15) is 26.7 Å². The number of hydrogen-bond donors (Lipinski definition) is 1. The number of nitrogens with one attached hydrogen (secondary N) is 1. The van der Waals surface area contributed by atoms with Gasteiger partial charge in [-0.1, -0.05) is 31.5 Å². The molecule has 1 N–H and O–H groups in total. The van der Waals surface area contributed by atoms with Crippen molar-refractivity contribution >= 4 is 17.5 Å². The first-order valence-corrected chi connectivity index (χ1v) is 6.25. The fourth-order valence-corrected chi connectivity index (χ4v) is 1.57. The first-order chi connectivity index (χ1) is 8.17. The summed E-state index contributed by atoms with van der Waals surface area (Å²) in [4.78, 5) is 11.8. The quantitative estimate of drug-likeness (QED) is 0.849. The summed E-state index contributed by atoms with van der Waals surface area (Å²) >= 11 is 5.85. The van der Waals surface area contributed by atoms with Crippen LogP contribution in [0.15, 0.2) is 24.3 Å². The summed E-state index contributed by atoms with van der Waals surface area (Å²) in [5, 5.41) is 3.42. The molecule has 94 valence electrons. The van der Waals surface area contributed by atoms with Gasteiger partial charge in [0.05, 0.1) is 0 Å². The lowest BCUT2D eigenvalue weighted by atomic mass is 10.2. The molecule has 0 aliphatic carbocycles. The molecule has 0 aliphatic rings. The molecule has 1 aromatic rings. The van der Waals surface area contributed by atoms with Crippen LogP contribution in [0, 0.1) is 0 Å². The zero-order valence-corrected chi connectivity index (χ0v) is 11.0. The van der Waals surface area contributed by atoms with E-state index in [-0.39, 0.29) is 5.91 Å². The van der Waals surface area contributed by atoms with E-state index in [2.05, 4.69) is 5.32 Å². The fourth-order valence-electron chi connectivity index (χ4n) is 1.39. The van der Waals surface area contributed by atoms with E-state index in [1.54, 1.807) is 24.3 Å². The summed E-state index contributed by atoms with van der Waals surface area (Å²) in [5.74, 6) is 0.547. The van der Waals surface area contributed by atoms with Gasteiger partial charge in [-0.2, -0.15) is 0 Å². The minimum Gasteiger partial charge on any atom is -0.481 e. The van der Waals surface area contributed by atoms with Gasteiger partial charge in [0, 0.05) is 11.6 Å². The fraction of sp³-hybridized carbons (Fsp3) is 0.462. The molecule has 0 bridgehead atoms. The first-order valence-electron chi connectivity index (χ1n) is 5.87. The van der Waals surface area contributed by atoms with Gasteiger partial charge in [-0.05, 0) is 31.0 Å². The molecule has 1 unspecified atom stereocenters. The van der Waals surface area contributed by atoms with E-state index in [9.17, 15) is 4.79 Å². The minimum absolute atomic E-state index is 0.0747. The Morgan fingerprint density at radius 2 is 2.24 bits per heavy atom. The van der Waals surface area contributed by atoms with Crippen LogP contribution in [0.3, 0.4) is 0 Å². The average Bonchev–Trinajstić information content (AvgIpc) is 2.33. The van der Waals surface area contributed by atoms with Crippen molar-refractivity contribution in [1.29, 1.82) is 0 Å². The Morgan fingerprint density at radius 3 is 2.82 bits per heavy atom. The highest BCUT2D eigenvalue weighted by molar-refractivity contribution is 6.30. The Bertz CT molecular complexity index is 368. The first kappa shape index (κ1) is 13.8. The molecule has 0 radical (unpaired) electrons. The highest BCUT2D eigenvalue weighted by Crippen LogP contribution is 2.19. The van der Waals surface area contributed by atoms with Crippen molar-refractivity contribution in [2.24, 2.45) is 0 Å². The van der Waals surface area contributed by atoms with Gasteiger partial charge in [-0.3, -0.25) is 4.79 Å². The van der Waals surface area contributed by atoms with Crippen molar-refractivity contribution < 1.29 is 9.53 Å². The lowest BCUT2D eigenvalue weighted by molar-refractivity contribution is -0.128. The lowest BCUT2D eigenvalue weighted by Crippen LogP contribution is -2.38. The van der Waals surface area contributed by atoms with E-state index in [1.165, 1.54) is 0 Å². The van der Waals surface area contributed by atoms with E-state index >= 15 is 0 Å². The van der Waals surface area contributed by atoms with E-state index in [0.717, 1.165) is 6.42 Å². The topological polar surface area (TPSA) is 38.3 Å². The maximum atomic E-state index is 11.8. The average molecular weight is 256 g/mol. The normalized spacial score (nSPS) is 11.9. The third kappa shape index (κ3) is 4.65. The van der Waals surface area contributed by atoms with Crippen molar-refractivity contribution in [2.75, 3.05) is 6.54 Å². The summed E-state index contributed by atoms with van der Waals surface area (Å²) in [6.45, 7) is 4.61. The number of hydrogen-bond acceptors (Lipinski definition) is 2. The standard InChI is InChI=1S/C13H18ClNO2/c1-3-8-15-13(16)12(4-2)17-11-7-5-6-10(14)9-11/h5-7,9,12H,3-4,8H2,1-2H3,(H,15,16). The van der Waals surface area contributed by atoms with Gasteiger partial charge in [0.25, 0.3) is 5.91 Å². The number of carbonyl (C=O) groups is 1. The van der Waals surface area contributed by atoms with Gasteiger partial charge < -0.3 is 10.1 Å². The van der Waals surface area contributed by atoms with Crippen LogP contribution in [0.5, 0.6) is 5.75 Å². The van der Waals surface area contributed by atoms with E-state index in [0.29, 0.717) is 23.7 Å². The van der Waals surface area contributed by atoms with Gasteiger partial charge in [0.2, 0.25) is 0 Å². The number of benzene rings is 1. The van der Waals surface area contributed by atoms with Crippen LogP contribution in [0.2, 0.25) is 5.02 Å². The molecule has 4 heteroatoms. The molecular formula is C13H18ClNO2. The van der Waals surface area contributed by atoms with Crippen LogP contribution < -0.4 is 10.1 Å². The largest absolute Gasteiger partial charge is 0.481 e. The Labute approximate surface area is 107 Å². The molecule has 0 fully saturated rings. The van der Waals surface area contributed by atoms with Crippen LogP contribution >= 0.6 is 11.6 Å². The van der Waals surface area contributed by atoms with Crippen molar-refractivity contribution in [2.45, 2.75) is 32.8 Å². The van der Waals surface area contributed by atoms with Crippen LogP contribution in [0.4, 0.5) is 0 Å². The van der Waals surface area contributed by atoms with Crippen molar-refractivity contribution in [3.63, 3.8) is 0 Å². The van der Waals surface area contributed by atoms with Crippen LogP contribution in [-0.2, 0) is 4.79 Å². The van der Waals surface area contributed by atoms with E-state index in [1.807, 2.05) is 13.8 Å². The third-order valence-electron chi connectivity index (χ3n) is 2.29. The number of carbonyl (C=O) groups excluding carboxylic acids is 1. The van der Waals surface area contributed by atoms with Crippen LogP contribution in [0.25, 0.3) is 0 Å². The monoisotopic (exact) mass is 255 g/mol. The molecule has 1 atom stereocenters. The second-order valence-corrected chi connectivity index (χ2v) is 4.20. The summed E-state index contributed by atoms with van der Waals surface area (Å²) in [6, 6.07) is 7.07. The summed E-state index contributed by atoms with van der Waals surface area (Å²) in [5.41, 5.74) is 0. The smallest absolute Gasteiger partial charge is 0.261 e. The number of amides is 1. The molecule has 0 spiro atoms. The predicted octanol–water partition coefficient (Wildman–Crippen LogP) is 3.02. The molecule has 0 aliphatic heterocycles. The van der Waals surface area contributed by atoms with Gasteiger partial charge in [-0.25, -0.2) is 0 Å². The Kier molecular flexibility index (Phi) is 5.84. The van der Waals surface area contributed by atoms with Crippen molar-refractivity contribution in [3.05, 3.63) is 29.3 Å². The highest BCUT2D eigenvalue weighted by atomic mass is 35.5. The lowest BCUT2D eigenvalue weighted by Gasteiger charge is -2.17. The number of rotatable bonds is 6. The van der Waals surface area contributed by atoms with Crippen molar-refractivity contribution in [1.82, 2.24) is 5.32 Å². The van der Waals surface area contributed by atoms with Gasteiger partial charge >= 0.3 is 0 Å². The zero-order valence-electron chi connectivity index (χ0n) is 10.2. The molecule has 0 aromatic heterocycles. The second kappa shape index (κ2) is 7.17. The molecule has 0 saturated heterocycles. The third-order valence-corrected chi connectivity index (χ3v) is 2.52. The second-order valence-electron chi connectivity index (χ2n) is 3.76. The molecule has 1 aromatic carbocycles. The maximum absolute atomic E-state index is 11.8. The maximum Gasteiger partial charge on any atom is 0.261 e.